The summed E-state index contributed by atoms with van der Waals surface area (Å²) in [6.45, 7) is 3.73. The number of piperazine rings is 1. The van der Waals surface area contributed by atoms with Crippen molar-refractivity contribution in [1.82, 2.24) is 10.2 Å². The van der Waals surface area contributed by atoms with Crippen LogP contribution in [0.3, 0.4) is 0 Å². The molecule has 4 nitrogen and oxygen atoms in total. The highest BCUT2D eigenvalue weighted by molar-refractivity contribution is 5.36. The number of fused-ring (bicyclic) bond motifs is 1. The standard InChI is InChI=1S/C14H15F2N3O/c15-12-4-13(16)11(3-9(12)5-17)14-7-19-2-1-18-6-10(19)8-20-14/h3-4,10,14,18H,1-2,6-8H2. The van der Waals surface area contributed by atoms with E-state index >= 15 is 0 Å². The van der Waals surface area contributed by atoms with E-state index in [1.807, 2.05) is 0 Å². The summed E-state index contributed by atoms with van der Waals surface area (Å²) < 4.78 is 33.0. The van der Waals surface area contributed by atoms with Crippen LogP contribution < -0.4 is 5.32 Å². The molecule has 0 spiro atoms. The van der Waals surface area contributed by atoms with E-state index in [1.165, 1.54) is 6.07 Å². The van der Waals surface area contributed by atoms with Gasteiger partial charge in [-0.05, 0) is 6.07 Å². The Hall–Kier alpha value is -1.55. The molecule has 0 saturated carbocycles. The monoisotopic (exact) mass is 279 g/mol. The largest absolute Gasteiger partial charge is 0.370 e. The number of nitrogens with one attached hydrogen (secondary N) is 1. The summed E-state index contributed by atoms with van der Waals surface area (Å²) in [6, 6.07) is 4.07. The quantitative estimate of drug-likeness (QED) is 0.838. The molecule has 6 heteroatoms. The lowest BCUT2D eigenvalue weighted by Crippen LogP contribution is -2.57. The van der Waals surface area contributed by atoms with Crippen molar-refractivity contribution in [3.63, 3.8) is 0 Å². The van der Waals surface area contributed by atoms with Crippen LogP contribution in [0.4, 0.5) is 8.78 Å². The third-order valence-electron chi connectivity index (χ3n) is 3.92. The summed E-state index contributed by atoms with van der Waals surface area (Å²) in [7, 11) is 0. The molecular formula is C14H15F2N3O. The normalized spacial score (nSPS) is 26.9. The van der Waals surface area contributed by atoms with Crippen LogP contribution in [0.2, 0.25) is 0 Å². The molecule has 2 fully saturated rings. The van der Waals surface area contributed by atoms with Crippen molar-refractivity contribution in [3.8, 4) is 6.07 Å². The summed E-state index contributed by atoms with van der Waals surface area (Å²) in [5, 5.41) is 12.1. The SMILES string of the molecule is N#Cc1cc(C2CN3CCNCC3CO2)c(F)cc1F. The van der Waals surface area contributed by atoms with E-state index in [1.54, 1.807) is 6.07 Å². The minimum atomic E-state index is -0.829. The zero-order valence-electron chi connectivity index (χ0n) is 10.9. The topological polar surface area (TPSA) is 48.3 Å². The van der Waals surface area contributed by atoms with Gasteiger partial charge in [0, 0.05) is 43.9 Å². The van der Waals surface area contributed by atoms with Crippen LogP contribution in [0.15, 0.2) is 12.1 Å². The summed E-state index contributed by atoms with van der Waals surface area (Å²) in [4.78, 5) is 2.25. The molecule has 0 amide bonds. The molecule has 3 rings (SSSR count). The number of rotatable bonds is 1. The maximum Gasteiger partial charge on any atom is 0.143 e. The molecule has 1 N–H and O–H groups in total. The van der Waals surface area contributed by atoms with Crippen LogP contribution in [0.25, 0.3) is 0 Å². The fourth-order valence-corrected chi connectivity index (χ4v) is 2.79. The number of halogens is 2. The Bertz CT molecular complexity index is 558. The first-order valence-corrected chi connectivity index (χ1v) is 6.64. The van der Waals surface area contributed by atoms with Crippen molar-refractivity contribution in [1.29, 1.82) is 5.26 Å². The number of morpholine rings is 1. The number of nitrogens with zero attached hydrogens (tertiary/aromatic N) is 2. The first kappa shape index (κ1) is 13.4. The molecule has 0 radical (unpaired) electrons. The van der Waals surface area contributed by atoms with Crippen LogP contribution in [0.5, 0.6) is 0 Å². The van der Waals surface area contributed by atoms with Gasteiger partial charge in [-0.2, -0.15) is 5.26 Å². The first-order chi connectivity index (χ1) is 9.69. The number of hydrogen-bond donors (Lipinski definition) is 1. The molecule has 0 aliphatic carbocycles. The zero-order chi connectivity index (χ0) is 14.1. The summed E-state index contributed by atoms with van der Waals surface area (Å²) >= 11 is 0. The Kier molecular flexibility index (Phi) is 3.66. The lowest BCUT2D eigenvalue weighted by Gasteiger charge is -2.42. The molecule has 2 heterocycles. The van der Waals surface area contributed by atoms with Gasteiger partial charge in [0.1, 0.15) is 17.7 Å². The van der Waals surface area contributed by atoms with Crippen LogP contribution in [0.1, 0.15) is 17.2 Å². The molecule has 106 valence electrons. The predicted octanol–water partition coefficient (Wildman–Crippen LogP) is 1.18. The lowest BCUT2D eigenvalue weighted by atomic mass is 10.0. The Balaban J connectivity index is 1.85. The maximum absolute atomic E-state index is 13.9. The summed E-state index contributed by atoms with van der Waals surface area (Å²) in [5.74, 6) is -1.48. The highest BCUT2D eigenvalue weighted by Crippen LogP contribution is 2.28. The number of benzene rings is 1. The Morgan fingerprint density at radius 1 is 1.35 bits per heavy atom. The van der Waals surface area contributed by atoms with Gasteiger partial charge < -0.3 is 10.1 Å². The molecule has 2 aliphatic heterocycles. The van der Waals surface area contributed by atoms with Crippen molar-refractivity contribution in [2.24, 2.45) is 0 Å². The molecular weight excluding hydrogens is 264 g/mol. The van der Waals surface area contributed by atoms with Crippen LogP contribution >= 0.6 is 0 Å². The minimum absolute atomic E-state index is 0.146. The van der Waals surface area contributed by atoms with Crippen molar-refractivity contribution in [2.75, 3.05) is 32.8 Å². The second kappa shape index (κ2) is 5.44. The third kappa shape index (κ3) is 2.40. The fourth-order valence-electron chi connectivity index (χ4n) is 2.79. The fraction of sp³-hybridized carbons (Fsp3) is 0.500. The van der Waals surface area contributed by atoms with Crippen molar-refractivity contribution in [3.05, 3.63) is 34.9 Å². The van der Waals surface area contributed by atoms with Gasteiger partial charge in [-0.1, -0.05) is 0 Å². The number of hydrogen-bond acceptors (Lipinski definition) is 4. The van der Waals surface area contributed by atoms with Gasteiger partial charge in [0.25, 0.3) is 0 Å². The second-order valence-corrected chi connectivity index (χ2v) is 5.14. The zero-order valence-corrected chi connectivity index (χ0v) is 10.9. The molecule has 0 aromatic heterocycles. The van der Waals surface area contributed by atoms with E-state index in [-0.39, 0.29) is 11.1 Å². The molecule has 20 heavy (non-hydrogen) atoms. The van der Waals surface area contributed by atoms with Gasteiger partial charge in [0.2, 0.25) is 0 Å². The first-order valence-electron chi connectivity index (χ1n) is 6.64. The lowest BCUT2D eigenvalue weighted by molar-refractivity contribution is -0.0730. The molecule has 2 saturated heterocycles. The van der Waals surface area contributed by atoms with Crippen molar-refractivity contribution < 1.29 is 13.5 Å². The average molecular weight is 279 g/mol. The van der Waals surface area contributed by atoms with E-state index in [0.717, 1.165) is 25.7 Å². The van der Waals surface area contributed by atoms with E-state index in [9.17, 15) is 8.78 Å². The molecule has 1 aromatic rings. The van der Waals surface area contributed by atoms with E-state index < -0.39 is 17.7 Å². The van der Waals surface area contributed by atoms with Gasteiger partial charge in [-0.3, -0.25) is 4.90 Å². The minimum Gasteiger partial charge on any atom is -0.370 e. The smallest absolute Gasteiger partial charge is 0.143 e. The average Bonchev–Trinajstić information content (AvgIpc) is 2.47. The van der Waals surface area contributed by atoms with E-state index in [0.29, 0.717) is 19.2 Å². The number of nitriles is 1. The number of ether oxygens (including phenoxy) is 1. The second-order valence-electron chi connectivity index (χ2n) is 5.14. The van der Waals surface area contributed by atoms with E-state index in [4.69, 9.17) is 10.00 Å². The Morgan fingerprint density at radius 3 is 3.00 bits per heavy atom. The third-order valence-corrected chi connectivity index (χ3v) is 3.92. The van der Waals surface area contributed by atoms with Crippen molar-refractivity contribution in [2.45, 2.75) is 12.1 Å². The predicted molar refractivity (Wildman–Crippen MR) is 68.0 cm³/mol. The van der Waals surface area contributed by atoms with Crippen LogP contribution in [0, 0.1) is 23.0 Å². The summed E-state index contributed by atoms with van der Waals surface area (Å²) in [5.41, 5.74) is 0.118. The van der Waals surface area contributed by atoms with Crippen LogP contribution in [-0.4, -0.2) is 43.7 Å². The molecule has 0 bridgehead atoms. The Labute approximate surface area is 115 Å². The Morgan fingerprint density at radius 2 is 2.20 bits per heavy atom. The highest BCUT2D eigenvalue weighted by atomic mass is 19.1. The van der Waals surface area contributed by atoms with Gasteiger partial charge in [0.15, 0.2) is 0 Å². The molecule has 1 aromatic carbocycles. The summed E-state index contributed by atoms with van der Waals surface area (Å²) in [6.07, 6.45) is -0.447. The van der Waals surface area contributed by atoms with Crippen molar-refractivity contribution >= 4 is 0 Å². The van der Waals surface area contributed by atoms with Gasteiger partial charge in [-0.25, -0.2) is 8.78 Å². The molecule has 2 atom stereocenters. The van der Waals surface area contributed by atoms with E-state index in [2.05, 4.69) is 10.2 Å². The van der Waals surface area contributed by atoms with Gasteiger partial charge in [-0.15, -0.1) is 0 Å². The van der Waals surface area contributed by atoms with Crippen LogP contribution in [-0.2, 0) is 4.74 Å². The molecule has 2 unspecified atom stereocenters. The highest BCUT2D eigenvalue weighted by Gasteiger charge is 2.32. The van der Waals surface area contributed by atoms with Gasteiger partial charge in [0.05, 0.1) is 18.3 Å². The maximum atomic E-state index is 13.9. The molecule has 2 aliphatic rings. The van der Waals surface area contributed by atoms with Gasteiger partial charge >= 0.3 is 0 Å².